The van der Waals surface area contributed by atoms with Gasteiger partial charge >= 0.3 is 23.9 Å². The van der Waals surface area contributed by atoms with Gasteiger partial charge in [-0.3, -0.25) is 9.59 Å². The number of rotatable bonds is 14. The highest BCUT2D eigenvalue weighted by molar-refractivity contribution is 9.10. The number of esters is 4. The van der Waals surface area contributed by atoms with Gasteiger partial charge in [0, 0.05) is 33.9 Å². The zero-order valence-corrected chi connectivity index (χ0v) is 26.5. The lowest BCUT2D eigenvalue weighted by atomic mass is 9.71. The maximum Gasteiger partial charge on any atom is 0.333 e. The molecule has 0 amide bonds. The van der Waals surface area contributed by atoms with Crippen LogP contribution in [0.3, 0.4) is 0 Å². The van der Waals surface area contributed by atoms with E-state index >= 15 is 0 Å². The van der Waals surface area contributed by atoms with Crippen LogP contribution in [-0.2, 0) is 43.5 Å². The number of halogens is 1. The molecule has 0 spiro atoms. The quantitative estimate of drug-likeness (QED) is 0.0808. The number of ether oxygens (including phenoxy) is 4. The van der Waals surface area contributed by atoms with Crippen molar-refractivity contribution in [3.63, 3.8) is 0 Å². The zero-order chi connectivity index (χ0) is 31.9. The summed E-state index contributed by atoms with van der Waals surface area (Å²) in [4.78, 5) is 49.0. The van der Waals surface area contributed by atoms with E-state index in [2.05, 4.69) is 53.4 Å². The molecule has 0 fully saturated rings. The van der Waals surface area contributed by atoms with Crippen LogP contribution in [0.5, 0.6) is 0 Å². The van der Waals surface area contributed by atoms with E-state index in [0.29, 0.717) is 12.8 Å². The molecule has 1 aliphatic rings. The summed E-state index contributed by atoms with van der Waals surface area (Å²) in [5.74, 6) is -1.96. The predicted molar refractivity (Wildman–Crippen MR) is 170 cm³/mol. The van der Waals surface area contributed by atoms with Gasteiger partial charge in [0.05, 0.1) is 0 Å². The van der Waals surface area contributed by atoms with E-state index in [1.807, 2.05) is 30.3 Å². The van der Waals surface area contributed by atoms with E-state index in [-0.39, 0.29) is 50.4 Å². The Kier molecular flexibility index (Phi) is 10.8. The fourth-order valence-electron chi connectivity index (χ4n) is 5.43. The van der Waals surface area contributed by atoms with Crippen LogP contribution < -0.4 is 0 Å². The largest absolute Gasteiger partial charge is 0.462 e. The molecule has 0 N–H and O–H groups in total. The van der Waals surface area contributed by atoms with Crippen molar-refractivity contribution in [2.75, 3.05) is 26.4 Å². The third kappa shape index (κ3) is 7.63. The van der Waals surface area contributed by atoms with Crippen LogP contribution in [0.25, 0.3) is 21.9 Å². The number of benzene rings is 3. The summed E-state index contributed by atoms with van der Waals surface area (Å²) in [7, 11) is 0. The molecule has 0 saturated heterocycles. The third-order valence-corrected chi connectivity index (χ3v) is 8.05. The highest BCUT2D eigenvalue weighted by Gasteiger charge is 2.44. The van der Waals surface area contributed by atoms with E-state index in [1.54, 1.807) is 13.8 Å². The van der Waals surface area contributed by atoms with Gasteiger partial charge in [0.15, 0.2) is 0 Å². The number of carbonyl (C=O) groups is 4. The molecule has 0 aliphatic heterocycles. The molecular weight excluding hydrogens is 628 g/mol. The van der Waals surface area contributed by atoms with Gasteiger partial charge in [0.2, 0.25) is 0 Å². The summed E-state index contributed by atoms with van der Waals surface area (Å²) in [5, 5.41) is 2.13. The van der Waals surface area contributed by atoms with Gasteiger partial charge in [-0.1, -0.05) is 59.4 Å². The molecule has 8 nitrogen and oxygen atoms in total. The van der Waals surface area contributed by atoms with E-state index in [0.717, 1.165) is 37.5 Å². The molecule has 230 valence electrons. The molecular formula is C35H35BrO8. The van der Waals surface area contributed by atoms with Crippen molar-refractivity contribution in [3.8, 4) is 11.1 Å². The molecule has 0 atom stereocenters. The van der Waals surface area contributed by atoms with Gasteiger partial charge in [-0.25, -0.2) is 9.59 Å². The Labute approximate surface area is 265 Å². The van der Waals surface area contributed by atoms with Gasteiger partial charge in [0.25, 0.3) is 0 Å². The van der Waals surface area contributed by atoms with Crippen LogP contribution in [0.4, 0.5) is 0 Å². The Balaban J connectivity index is 1.57. The topological polar surface area (TPSA) is 105 Å². The maximum atomic E-state index is 12.9. The van der Waals surface area contributed by atoms with Crippen LogP contribution in [0.2, 0.25) is 0 Å². The first-order chi connectivity index (χ1) is 21.0. The Morgan fingerprint density at radius 3 is 1.66 bits per heavy atom. The molecule has 1 aliphatic carbocycles. The van der Waals surface area contributed by atoms with Crippen LogP contribution in [0.15, 0.2) is 83.4 Å². The van der Waals surface area contributed by atoms with Gasteiger partial charge in [-0.05, 0) is 84.0 Å². The smallest absolute Gasteiger partial charge is 0.333 e. The number of fused-ring (bicyclic) bond motifs is 4. The van der Waals surface area contributed by atoms with Crippen molar-refractivity contribution < 1.29 is 38.1 Å². The second-order valence-electron chi connectivity index (χ2n) is 10.8. The Bertz CT molecular complexity index is 1570. The first-order valence-corrected chi connectivity index (χ1v) is 15.1. The van der Waals surface area contributed by atoms with E-state index in [1.165, 1.54) is 0 Å². The fourth-order valence-corrected chi connectivity index (χ4v) is 5.79. The first kappa shape index (κ1) is 32.7. The third-order valence-electron chi connectivity index (χ3n) is 7.56. The lowest BCUT2D eigenvalue weighted by molar-refractivity contribution is -0.150. The number of carbonyl (C=O) groups excluding carboxylic acids is 4. The lowest BCUT2D eigenvalue weighted by Crippen LogP contribution is -2.28. The normalized spacial score (nSPS) is 12.5. The van der Waals surface area contributed by atoms with Crippen LogP contribution in [0.1, 0.15) is 50.7 Å². The second-order valence-corrected chi connectivity index (χ2v) is 11.7. The average molecular weight is 664 g/mol. The van der Waals surface area contributed by atoms with Gasteiger partial charge in [-0.15, -0.1) is 0 Å². The summed E-state index contributed by atoms with van der Waals surface area (Å²) in [5.41, 5.74) is 3.95. The van der Waals surface area contributed by atoms with Gasteiger partial charge in [-0.2, -0.15) is 0 Å². The van der Waals surface area contributed by atoms with Crippen LogP contribution in [0, 0.1) is 0 Å². The minimum atomic E-state index is -0.688. The Morgan fingerprint density at radius 1 is 0.659 bits per heavy atom. The summed E-state index contributed by atoms with van der Waals surface area (Å²) in [6.07, 6.45) is 0.895. The zero-order valence-electron chi connectivity index (χ0n) is 24.9. The summed E-state index contributed by atoms with van der Waals surface area (Å²) in [6, 6.07) is 18.4. The van der Waals surface area contributed by atoms with E-state index in [9.17, 15) is 19.2 Å². The summed E-state index contributed by atoms with van der Waals surface area (Å²) < 4.78 is 21.7. The highest BCUT2D eigenvalue weighted by atomic mass is 79.9. The Hall–Kier alpha value is -4.24. The average Bonchev–Trinajstić information content (AvgIpc) is 3.25. The standard InChI is InChI=1S/C35H35BrO8/c1-22(2)33(39)43-17-15-41-31(37)11-13-35(14-12-32(38)42-16-18-44-34(40)23(3)4)29-10-9-26(36)21-28(29)27-19-24-7-5-6-8-25(24)20-30(27)35/h5-10,19-21H,1,3,11-18H2,2,4H3. The van der Waals surface area contributed by atoms with Gasteiger partial charge < -0.3 is 18.9 Å². The van der Waals surface area contributed by atoms with Crippen molar-refractivity contribution >= 4 is 50.6 Å². The van der Waals surface area contributed by atoms with Gasteiger partial charge in [0.1, 0.15) is 26.4 Å². The highest BCUT2D eigenvalue weighted by Crippen LogP contribution is 2.55. The molecule has 4 rings (SSSR count). The van der Waals surface area contributed by atoms with Crippen LogP contribution in [-0.4, -0.2) is 50.3 Å². The second kappa shape index (κ2) is 14.5. The fraction of sp³-hybridized carbons (Fsp3) is 0.314. The first-order valence-electron chi connectivity index (χ1n) is 14.3. The predicted octanol–water partition coefficient (Wildman–Crippen LogP) is 6.75. The molecule has 9 heteroatoms. The minimum absolute atomic E-state index is 0.0677. The van der Waals surface area contributed by atoms with E-state index < -0.39 is 29.3 Å². The number of hydrogen-bond acceptors (Lipinski definition) is 8. The molecule has 3 aromatic carbocycles. The lowest BCUT2D eigenvalue weighted by Gasteiger charge is -2.32. The van der Waals surface area contributed by atoms with Crippen molar-refractivity contribution in [1.82, 2.24) is 0 Å². The molecule has 0 bridgehead atoms. The molecule has 0 aromatic heterocycles. The molecule has 44 heavy (non-hydrogen) atoms. The van der Waals surface area contributed by atoms with Crippen molar-refractivity contribution in [3.05, 3.63) is 94.5 Å². The summed E-state index contributed by atoms with van der Waals surface area (Å²) >= 11 is 3.61. The molecule has 3 aromatic rings. The molecule has 0 unspecified atom stereocenters. The van der Waals surface area contributed by atoms with Crippen molar-refractivity contribution in [1.29, 1.82) is 0 Å². The number of hydrogen-bond donors (Lipinski definition) is 0. The Morgan fingerprint density at radius 2 is 1.14 bits per heavy atom. The maximum absolute atomic E-state index is 12.9. The minimum Gasteiger partial charge on any atom is -0.462 e. The van der Waals surface area contributed by atoms with Crippen molar-refractivity contribution in [2.45, 2.75) is 44.9 Å². The monoisotopic (exact) mass is 662 g/mol. The SMILES string of the molecule is C=C(C)C(=O)OCCOC(=O)CCC1(CCC(=O)OCCOC(=O)C(=C)C)c2ccc(Br)cc2-c2cc3ccccc3cc21. The molecule has 0 radical (unpaired) electrons. The summed E-state index contributed by atoms with van der Waals surface area (Å²) in [6.45, 7) is 9.87. The molecule has 0 saturated carbocycles. The van der Waals surface area contributed by atoms with Crippen molar-refractivity contribution in [2.24, 2.45) is 0 Å². The molecule has 0 heterocycles. The van der Waals surface area contributed by atoms with E-state index in [4.69, 9.17) is 18.9 Å². The van der Waals surface area contributed by atoms with Crippen LogP contribution >= 0.6 is 15.9 Å².